The smallest absolute Gasteiger partial charge is 0.321 e. The van der Waals surface area contributed by atoms with Gasteiger partial charge in [-0.2, -0.15) is 0 Å². The van der Waals surface area contributed by atoms with Crippen molar-refractivity contribution in [1.29, 1.82) is 0 Å². The molecule has 0 aromatic carbocycles. The molecule has 1 aliphatic heterocycles. The average Bonchev–Trinajstić information content (AvgIpc) is 2.37. The highest BCUT2D eigenvalue weighted by atomic mass is 16.5. The molecule has 0 unspecified atom stereocenters. The molecule has 0 bridgehead atoms. The van der Waals surface area contributed by atoms with Crippen molar-refractivity contribution < 1.29 is 19.1 Å². The average molecular weight is 299 g/mol. The molecule has 0 radical (unpaired) electrons. The fourth-order valence-corrected chi connectivity index (χ4v) is 2.32. The number of nitrogens with zero attached hydrogens (tertiary/aromatic N) is 1. The lowest BCUT2D eigenvalue weighted by Crippen LogP contribution is -2.48. The third-order valence-electron chi connectivity index (χ3n) is 3.17. The molecule has 0 aromatic heterocycles. The van der Waals surface area contributed by atoms with Crippen LogP contribution in [0.5, 0.6) is 0 Å². The summed E-state index contributed by atoms with van der Waals surface area (Å²) in [5.74, 6) is -0.756. The van der Waals surface area contributed by atoms with E-state index in [1.807, 2.05) is 18.7 Å². The predicted molar refractivity (Wildman–Crippen MR) is 77.6 cm³/mol. The summed E-state index contributed by atoms with van der Waals surface area (Å²) in [6.07, 6.45) is 1.62. The van der Waals surface area contributed by atoms with Gasteiger partial charge in [0.25, 0.3) is 0 Å². The van der Waals surface area contributed by atoms with Crippen LogP contribution in [0.25, 0.3) is 0 Å². The number of amides is 3. The molecule has 0 saturated carbocycles. The molecule has 120 valence electrons. The number of rotatable bonds is 5. The first-order chi connectivity index (χ1) is 9.92. The van der Waals surface area contributed by atoms with Gasteiger partial charge in [0.2, 0.25) is 5.91 Å². The van der Waals surface area contributed by atoms with Crippen LogP contribution in [-0.4, -0.2) is 55.1 Å². The summed E-state index contributed by atoms with van der Waals surface area (Å²) in [6, 6.07) is -0.519. The summed E-state index contributed by atoms with van der Waals surface area (Å²) in [6.45, 7) is 7.14. The molecule has 7 heteroatoms. The second kappa shape index (κ2) is 8.61. The van der Waals surface area contributed by atoms with Crippen molar-refractivity contribution in [3.63, 3.8) is 0 Å². The molecule has 1 heterocycles. The van der Waals surface area contributed by atoms with Gasteiger partial charge in [0.1, 0.15) is 0 Å². The zero-order valence-corrected chi connectivity index (χ0v) is 13.0. The molecule has 1 atom stereocenters. The van der Waals surface area contributed by atoms with Crippen LogP contribution in [0.3, 0.4) is 0 Å². The molecule has 0 aromatic rings. The van der Waals surface area contributed by atoms with Crippen LogP contribution in [-0.2, 0) is 14.3 Å². The van der Waals surface area contributed by atoms with E-state index in [2.05, 4.69) is 10.6 Å². The van der Waals surface area contributed by atoms with Gasteiger partial charge >= 0.3 is 12.0 Å². The molecule has 0 spiro atoms. The second-order valence-corrected chi connectivity index (χ2v) is 5.50. The van der Waals surface area contributed by atoms with Gasteiger partial charge in [0.05, 0.1) is 19.1 Å². The van der Waals surface area contributed by atoms with Crippen LogP contribution in [0, 0.1) is 5.92 Å². The van der Waals surface area contributed by atoms with Crippen molar-refractivity contribution in [2.75, 3.05) is 26.2 Å². The minimum absolute atomic E-state index is 0.0269. The van der Waals surface area contributed by atoms with Gasteiger partial charge in [-0.1, -0.05) is 0 Å². The zero-order valence-electron chi connectivity index (χ0n) is 13.0. The number of carbonyl (C=O) groups excluding carboxylic acids is 3. The highest BCUT2D eigenvalue weighted by Gasteiger charge is 2.27. The molecular formula is C14H25N3O4. The molecule has 1 aliphatic rings. The van der Waals surface area contributed by atoms with Gasteiger partial charge in [-0.25, -0.2) is 4.79 Å². The summed E-state index contributed by atoms with van der Waals surface area (Å²) < 4.78 is 5.01. The maximum Gasteiger partial charge on any atom is 0.321 e. The Morgan fingerprint density at radius 1 is 1.33 bits per heavy atom. The lowest BCUT2D eigenvalue weighted by molar-refractivity contribution is -0.150. The van der Waals surface area contributed by atoms with Crippen molar-refractivity contribution in [1.82, 2.24) is 15.5 Å². The quantitative estimate of drug-likeness (QED) is 0.722. The number of likely N-dealkylation sites (tertiary alicyclic amines) is 1. The third-order valence-corrected chi connectivity index (χ3v) is 3.17. The first kappa shape index (κ1) is 17.4. The van der Waals surface area contributed by atoms with Crippen LogP contribution in [0.1, 0.15) is 33.6 Å². The summed E-state index contributed by atoms with van der Waals surface area (Å²) in [5.41, 5.74) is 0. The largest absolute Gasteiger partial charge is 0.466 e. The minimum atomic E-state index is -0.492. The number of urea groups is 1. The van der Waals surface area contributed by atoms with Crippen LogP contribution < -0.4 is 10.6 Å². The van der Waals surface area contributed by atoms with Crippen molar-refractivity contribution in [2.45, 2.75) is 39.7 Å². The van der Waals surface area contributed by atoms with E-state index in [0.717, 1.165) is 19.4 Å². The SMILES string of the molecule is CCOC(=O)[C@H]1CCCN(CC(=O)NC(=O)NC(C)C)C1. The number of hydrogen-bond donors (Lipinski definition) is 2. The van der Waals surface area contributed by atoms with E-state index in [0.29, 0.717) is 13.2 Å². The van der Waals surface area contributed by atoms with Gasteiger partial charge in [0.15, 0.2) is 0 Å². The van der Waals surface area contributed by atoms with Gasteiger partial charge in [-0.05, 0) is 40.2 Å². The van der Waals surface area contributed by atoms with Gasteiger partial charge < -0.3 is 10.1 Å². The number of imide groups is 1. The molecule has 21 heavy (non-hydrogen) atoms. The normalized spacial score (nSPS) is 19.1. The van der Waals surface area contributed by atoms with Crippen molar-refractivity contribution in [2.24, 2.45) is 5.92 Å². The predicted octanol–water partition coefficient (Wildman–Crippen LogP) is 0.496. The Kier molecular flexibility index (Phi) is 7.14. The monoisotopic (exact) mass is 299 g/mol. The Balaban J connectivity index is 2.38. The molecular weight excluding hydrogens is 274 g/mol. The standard InChI is InChI=1S/C14H25N3O4/c1-4-21-13(19)11-6-5-7-17(8-11)9-12(18)16-14(20)15-10(2)3/h10-11H,4-9H2,1-3H3,(H2,15,16,18,20)/t11-/m0/s1. The molecule has 2 N–H and O–H groups in total. The van der Waals surface area contributed by atoms with E-state index in [4.69, 9.17) is 4.74 Å². The van der Waals surface area contributed by atoms with Crippen molar-refractivity contribution >= 4 is 17.9 Å². The molecule has 1 saturated heterocycles. The third kappa shape index (κ3) is 6.57. The van der Waals surface area contributed by atoms with Crippen molar-refractivity contribution in [3.05, 3.63) is 0 Å². The van der Waals surface area contributed by atoms with Gasteiger partial charge in [0, 0.05) is 12.6 Å². The summed E-state index contributed by atoms with van der Waals surface area (Å²) in [4.78, 5) is 36.8. The Morgan fingerprint density at radius 3 is 2.67 bits per heavy atom. The number of ether oxygens (including phenoxy) is 1. The van der Waals surface area contributed by atoms with Crippen LogP contribution >= 0.6 is 0 Å². The Bertz CT molecular complexity index is 384. The highest BCUT2D eigenvalue weighted by molar-refractivity contribution is 5.95. The van der Waals surface area contributed by atoms with E-state index in [1.54, 1.807) is 6.92 Å². The summed E-state index contributed by atoms with van der Waals surface area (Å²) in [7, 11) is 0. The van der Waals surface area contributed by atoms with E-state index >= 15 is 0 Å². The molecule has 0 aliphatic carbocycles. The number of esters is 1. The molecule has 1 fully saturated rings. The number of hydrogen-bond acceptors (Lipinski definition) is 5. The highest BCUT2D eigenvalue weighted by Crippen LogP contribution is 2.17. The first-order valence-corrected chi connectivity index (χ1v) is 7.41. The van der Waals surface area contributed by atoms with E-state index in [-0.39, 0.29) is 30.4 Å². The van der Waals surface area contributed by atoms with Crippen LogP contribution in [0.2, 0.25) is 0 Å². The number of nitrogens with one attached hydrogen (secondary N) is 2. The van der Waals surface area contributed by atoms with Gasteiger partial charge in [-0.3, -0.25) is 19.8 Å². The summed E-state index contributed by atoms with van der Waals surface area (Å²) in [5, 5.41) is 4.87. The number of piperidine rings is 1. The van der Waals surface area contributed by atoms with Gasteiger partial charge in [-0.15, -0.1) is 0 Å². The Hall–Kier alpha value is -1.63. The zero-order chi connectivity index (χ0) is 15.8. The molecule has 3 amide bonds. The van der Waals surface area contributed by atoms with E-state index < -0.39 is 6.03 Å². The fourth-order valence-electron chi connectivity index (χ4n) is 2.32. The van der Waals surface area contributed by atoms with E-state index in [1.165, 1.54) is 0 Å². The maximum absolute atomic E-state index is 11.8. The maximum atomic E-state index is 11.8. The lowest BCUT2D eigenvalue weighted by Gasteiger charge is -2.30. The topological polar surface area (TPSA) is 87.7 Å². The Morgan fingerprint density at radius 2 is 2.05 bits per heavy atom. The molecule has 1 rings (SSSR count). The van der Waals surface area contributed by atoms with Crippen LogP contribution in [0.4, 0.5) is 4.79 Å². The van der Waals surface area contributed by atoms with Crippen molar-refractivity contribution in [3.8, 4) is 0 Å². The van der Waals surface area contributed by atoms with E-state index in [9.17, 15) is 14.4 Å². The molecule has 7 nitrogen and oxygen atoms in total. The second-order valence-electron chi connectivity index (χ2n) is 5.50. The fraction of sp³-hybridized carbons (Fsp3) is 0.786. The first-order valence-electron chi connectivity index (χ1n) is 7.41. The number of carbonyl (C=O) groups is 3. The Labute approximate surface area is 125 Å². The van der Waals surface area contributed by atoms with Crippen LogP contribution in [0.15, 0.2) is 0 Å². The lowest BCUT2D eigenvalue weighted by atomic mass is 9.98. The summed E-state index contributed by atoms with van der Waals surface area (Å²) >= 11 is 0. The minimum Gasteiger partial charge on any atom is -0.466 e.